The molecule has 50 heavy (non-hydrogen) atoms. The van der Waals surface area contributed by atoms with E-state index in [-0.39, 0.29) is 81.3 Å². The van der Waals surface area contributed by atoms with Crippen molar-refractivity contribution in [3.8, 4) is 45.4 Å². The van der Waals surface area contributed by atoms with Crippen molar-refractivity contribution < 1.29 is 27.8 Å². The summed E-state index contributed by atoms with van der Waals surface area (Å²) in [5.74, 6) is -0.817. The second-order valence-corrected chi connectivity index (χ2v) is 12.9. The highest BCUT2D eigenvalue weighted by atomic mass is 35.5. The van der Waals surface area contributed by atoms with E-state index in [9.17, 15) is 9.59 Å². The van der Waals surface area contributed by atoms with Crippen LogP contribution in [0.15, 0.2) is 48.5 Å². The number of nitrogens with zero attached hydrogens (tertiary/aromatic N) is 2. The molecule has 0 aliphatic carbocycles. The summed E-state index contributed by atoms with van der Waals surface area (Å²) in [6.45, 7) is 1.29. The molecule has 4 aromatic rings. The van der Waals surface area contributed by atoms with E-state index in [1.807, 2.05) is 0 Å². The molecule has 0 unspecified atom stereocenters. The van der Waals surface area contributed by atoms with Gasteiger partial charge in [-0.1, -0.05) is 59.6 Å². The van der Waals surface area contributed by atoms with Crippen molar-refractivity contribution in [2.24, 2.45) is 0 Å². The van der Waals surface area contributed by atoms with Gasteiger partial charge in [0, 0.05) is 85.5 Å². The summed E-state index contributed by atoms with van der Waals surface area (Å²) in [5.41, 5.74) is 3.04. The first-order chi connectivity index (χ1) is 24.2. The van der Waals surface area contributed by atoms with Gasteiger partial charge in [0.25, 0.3) is 0 Å². The smallest absolute Gasteiger partial charge is 0.221 e. The minimum atomic E-state index is -0.526. The Morgan fingerprint density at radius 1 is 0.720 bits per heavy atom. The molecule has 4 heterocycles. The maximum Gasteiger partial charge on any atom is 0.221 e. The Labute approximate surface area is 298 Å². The largest absolute Gasteiger partial charge is 0.481 e. The lowest BCUT2D eigenvalue weighted by Crippen LogP contribution is -2.35. The molecule has 2 atom stereocenters. The van der Waals surface area contributed by atoms with Crippen LogP contribution >= 0.6 is 23.2 Å². The highest BCUT2D eigenvalue weighted by molar-refractivity contribution is 6.39. The third kappa shape index (κ3) is 7.68. The summed E-state index contributed by atoms with van der Waals surface area (Å²) in [7, 11) is 2.84. The van der Waals surface area contributed by atoms with Crippen LogP contribution in [0.1, 0.15) is 36.8 Å². The molecule has 2 aliphatic rings. The van der Waals surface area contributed by atoms with Crippen LogP contribution in [-0.4, -0.2) is 61.2 Å². The normalized spacial score (nSPS) is 17.2. The maximum absolute atomic E-state index is 15.5. The Morgan fingerprint density at radius 2 is 1.12 bits per heavy atom. The van der Waals surface area contributed by atoms with Crippen molar-refractivity contribution in [1.82, 2.24) is 31.2 Å². The summed E-state index contributed by atoms with van der Waals surface area (Å²) in [6, 6.07) is 13.1. The fourth-order valence-corrected chi connectivity index (χ4v) is 6.90. The van der Waals surface area contributed by atoms with E-state index >= 15 is 8.78 Å². The number of benzene rings is 2. The molecule has 2 aromatic carbocycles. The third-order valence-electron chi connectivity index (χ3n) is 8.84. The molecular formula is C36H36Cl2F2N6O4. The number of ether oxygens (including phenoxy) is 2. The molecule has 2 fully saturated rings. The molecule has 0 spiro atoms. The van der Waals surface area contributed by atoms with Crippen LogP contribution in [0.5, 0.6) is 11.8 Å². The average molecular weight is 726 g/mol. The Bertz CT molecular complexity index is 1790. The van der Waals surface area contributed by atoms with Crippen molar-refractivity contribution in [1.29, 1.82) is 0 Å². The van der Waals surface area contributed by atoms with E-state index in [2.05, 4.69) is 31.2 Å². The van der Waals surface area contributed by atoms with Gasteiger partial charge in [-0.05, 0) is 12.8 Å². The van der Waals surface area contributed by atoms with E-state index in [0.29, 0.717) is 48.2 Å². The van der Waals surface area contributed by atoms with E-state index in [1.54, 1.807) is 36.4 Å². The number of rotatable bonds is 13. The van der Waals surface area contributed by atoms with Gasteiger partial charge in [-0.15, -0.1) is 0 Å². The van der Waals surface area contributed by atoms with Crippen molar-refractivity contribution in [3.05, 3.63) is 81.3 Å². The van der Waals surface area contributed by atoms with Gasteiger partial charge in [0.1, 0.15) is 11.6 Å². The van der Waals surface area contributed by atoms with E-state index in [0.717, 1.165) is 12.8 Å². The highest BCUT2D eigenvalue weighted by Crippen LogP contribution is 2.43. The molecule has 14 heteroatoms. The molecule has 6 rings (SSSR count). The maximum atomic E-state index is 15.5. The quantitative estimate of drug-likeness (QED) is 0.136. The number of hydrogen-bond donors (Lipinski definition) is 4. The first-order valence-electron chi connectivity index (χ1n) is 16.2. The predicted octanol–water partition coefficient (Wildman–Crippen LogP) is 5.82. The first kappa shape index (κ1) is 35.5. The second-order valence-electron chi connectivity index (χ2n) is 12.2. The molecule has 2 aromatic heterocycles. The van der Waals surface area contributed by atoms with E-state index < -0.39 is 11.6 Å². The molecule has 2 amide bonds. The number of methoxy groups -OCH3 is 2. The molecule has 4 N–H and O–H groups in total. The van der Waals surface area contributed by atoms with Crippen molar-refractivity contribution in [2.45, 2.75) is 50.9 Å². The fraction of sp³-hybridized carbons (Fsp3) is 0.333. The third-order valence-corrected chi connectivity index (χ3v) is 9.66. The monoisotopic (exact) mass is 724 g/mol. The minimum Gasteiger partial charge on any atom is -0.481 e. The van der Waals surface area contributed by atoms with Crippen LogP contribution in [-0.2, 0) is 22.7 Å². The standard InChI is InChI=1S/C36H36Cl2F2N6O4/c1-49-35-25(17-41-15-19-9-11-31(47)43-19)27(39)13-29(45-35)23-7-3-5-21(33(23)37)22-6-4-8-24(34(22)38)30-14-28(40)26(36(46-30)50-2)18-42-16-20-10-12-32(48)44-20/h3-8,13-14,19-20,41-42H,9-12,15-18H2,1-2H3,(H,43,47)(H,44,48)/t19-,20-/m0/s1. The minimum absolute atomic E-state index is 0.00649. The second kappa shape index (κ2) is 15.7. The summed E-state index contributed by atoms with van der Waals surface area (Å²) < 4.78 is 42.0. The number of hydrogen-bond acceptors (Lipinski definition) is 8. The fourth-order valence-electron chi connectivity index (χ4n) is 6.25. The van der Waals surface area contributed by atoms with Gasteiger partial charge >= 0.3 is 0 Å². The molecular weight excluding hydrogens is 689 g/mol. The van der Waals surface area contributed by atoms with E-state index in [4.69, 9.17) is 32.7 Å². The van der Waals surface area contributed by atoms with Crippen LogP contribution in [0.3, 0.4) is 0 Å². The molecule has 262 valence electrons. The number of aromatic nitrogens is 2. The number of carbonyl (C=O) groups is 2. The van der Waals surface area contributed by atoms with Gasteiger partial charge in [0.2, 0.25) is 23.6 Å². The van der Waals surface area contributed by atoms with Crippen LogP contribution in [0.2, 0.25) is 10.0 Å². The zero-order valence-corrected chi connectivity index (χ0v) is 29.0. The lowest BCUT2D eigenvalue weighted by molar-refractivity contribution is -0.120. The van der Waals surface area contributed by atoms with Crippen LogP contribution in [0.4, 0.5) is 8.78 Å². The average Bonchev–Trinajstić information content (AvgIpc) is 3.72. The lowest BCUT2D eigenvalue weighted by atomic mass is 9.98. The Balaban J connectivity index is 1.24. The van der Waals surface area contributed by atoms with Crippen molar-refractivity contribution in [3.63, 3.8) is 0 Å². The molecule has 0 bridgehead atoms. The highest BCUT2D eigenvalue weighted by Gasteiger charge is 2.24. The van der Waals surface area contributed by atoms with Gasteiger partial charge in [-0.3, -0.25) is 9.59 Å². The van der Waals surface area contributed by atoms with Gasteiger partial charge < -0.3 is 30.7 Å². The van der Waals surface area contributed by atoms with Gasteiger partial charge in [0.15, 0.2) is 0 Å². The van der Waals surface area contributed by atoms with Gasteiger partial charge in [0.05, 0.1) is 46.8 Å². The van der Waals surface area contributed by atoms with Crippen LogP contribution in [0.25, 0.3) is 33.6 Å². The molecule has 2 aliphatic heterocycles. The molecule has 0 saturated carbocycles. The number of amides is 2. The Morgan fingerprint density at radius 3 is 1.48 bits per heavy atom. The van der Waals surface area contributed by atoms with Crippen LogP contribution in [0, 0.1) is 11.6 Å². The Kier molecular flexibility index (Phi) is 11.1. The number of pyridine rings is 2. The predicted molar refractivity (Wildman–Crippen MR) is 187 cm³/mol. The lowest BCUT2D eigenvalue weighted by Gasteiger charge is -2.17. The summed E-state index contributed by atoms with van der Waals surface area (Å²) in [5, 5.41) is 12.7. The van der Waals surface area contributed by atoms with Gasteiger partial charge in [-0.25, -0.2) is 18.7 Å². The summed E-state index contributed by atoms with van der Waals surface area (Å²) >= 11 is 13.9. The van der Waals surface area contributed by atoms with Crippen LogP contribution < -0.4 is 30.7 Å². The SMILES string of the molecule is COc1nc(-c2cccc(-c3cccc(-c4cc(F)c(CNC[C@@H]5CCC(=O)N5)c(OC)n4)c3Cl)c2Cl)cc(F)c1CNC[C@@H]1CCC(=O)N1. The molecule has 0 radical (unpaired) electrons. The number of halogens is 4. The zero-order chi connectivity index (χ0) is 35.4. The molecule has 2 saturated heterocycles. The van der Waals surface area contributed by atoms with Crippen molar-refractivity contribution in [2.75, 3.05) is 27.3 Å². The number of carbonyl (C=O) groups excluding carboxylic acids is 2. The number of nitrogens with one attached hydrogen (secondary N) is 4. The molecule has 10 nitrogen and oxygen atoms in total. The van der Waals surface area contributed by atoms with E-state index in [1.165, 1.54) is 26.4 Å². The zero-order valence-electron chi connectivity index (χ0n) is 27.5. The Hall–Kier alpha value is -4.36. The summed E-state index contributed by atoms with van der Waals surface area (Å²) in [4.78, 5) is 32.1. The van der Waals surface area contributed by atoms with Crippen molar-refractivity contribution >= 4 is 35.0 Å². The topological polar surface area (TPSA) is 126 Å². The summed E-state index contributed by atoms with van der Waals surface area (Å²) in [6.07, 6.45) is 2.41. The van der Waals surface area contributed by atoms with Gasteiger partial charge in [-0.2, -0.15) is 0 Å². The first-order valence-corrected chi connectivity index (χ1v) is 17.0.